The molecule has 2 rings (SSSR count). The van der Waals surface area contributed by atoms with E-state index in [0.717, 1.165) is 6.42 Å². The van der Waals surface area contributed by atoms with Crippen molar-refractivity contribution in [3.8, 4) is 0 Å². The number of hydrogen-bond donors (Lipinski definition) is 0. The van der Waals surface area contributed by atoms with Crippen molar-refractivity contribution in [2.45, 2.75) is 31.8 Å². The second-order valence-corrected chi connectivity index (χ2v) is 2.89. The molecule has 1 aliphatic carbocycles. The summed E-state index contributed by atoms with van der Waals surface area (Å²) in [6.07, 6.45) is 7.42. The molecule has 1 aliphatic heterocycles. The van der Waals surface area contributed by atoms with Crippen LogP contribution in [0.4, 0.5) is 0 Å². The summed E-state index contributed by atoms with van der Waals surface area (Å²) < 4.78 is 0. The van der Waals surface area contributed by atoms with Crippen molar-refractivity contribution in [1.82, 2.24) is 0 Å². The third kappa shape index (κ3) is 1.09. The van der Waals surface area contributed by atoms with E-state index in [2.05, 4.69) is 6.08 Å². The maximum Gasteiger partial charge on any atom is 0.114 e. The van der Waals surface area contributed by atoms with Crippen LogP contribution in [0.15, 0.2) is 11.6 Å². The average Bonchev–Trinajstić information content (AvgIpc) is 2.05. The molecule has 10 heavy (non-hydrogen) atoms. The standard InChI is InChI=1S/C8H12O2/c1-2-4-8-7(3-1)5-6-9-10-8/h5,8H,1-4,6H2. The molecule has 2 aliphatic rings. The Labute approximate surface area is 60.7 Å². The molecule has 0 bridgehead atoms. The van der Waals surface area contributed by atoms with Crippen LogP contribution in [0.25, 0.3) is 0 Å². The highest BCUT2D eigenvalue weighted by Crippen LogP contribution is 2.28. The molecule has 1 saturated carbocycles. The van der Waals surface area contributed by atoms with Crippen molar-refractivity contribution < 1.29 is 9.78 Å². The Bertz CT molecular complexity index is 151. The molecule has 0 aromatic carbocycles. The third-order valence-corrected chi connectivity index (χ3v) is 2.19. The van der Waals surface area contributed by atoms with Crippen molar-refractivity contribution in [2.75, 3.05) is 6.61 Å². The fourth-order valence-corrected chi connectivity index (χ4v) is 1.61. The molecule has 0 amide bonds. The van der Waals surface area contributed by atoms with E-state index in [1.54, 1.807) is 0 Å². The van der Waals surface area contributed by atoms with Gasteiger partial charge >= 0.3 is 0 Å². The van der Waals surface area contributed by atoms with Crippen LogP contribution < -0.4 is 0 Å². The van der Waals surface area contributed by atoms with Crippen LogP contribution >= 0.6 is 0 Å². The van der Waals surface area contributed by atoms with E-state index in [0.29, 0.717) is 12.7 Å². The second kappa shape index (κ2) is 2.72. The fraction of sp³-hybridized carbons (Fsp3) is 0.750. The van der Waals surface area contributed by atoms with Crippen molar-refractivity contribution in [3.63, 3.8) is 0 Å². The molecule has 1 atom stereocenters. The Kier molecular flexibility index (Phi) is 1.74. The fourth-order valence-electron chi connectivity index (χ4n) is 1.61. The largest absolute Gasteiger partial charge is 0.232 e. The van der Waals surface area contributed by atoms with Gasteiger partial charge in [0.25, 0.3) is 0 Å². The Hall–Kier alpha value is -0.340. The molecule has 2 heteroatoms. The van der Waals surface area contributed by atoms with Crippen molar-refractivity contribution in [1.29, 1.82) is 0 Å². The van der Waals surface area contributed by atoms with Gasteiger partial charge in [-0.25, -0.2) is 9.78 Å². The molecule has 1 fully saturated rings. The smallest absolute Gasteiger partial charge is 0.114 e. The molecular formula is C8H12O2. The molecule has 0 saturated heterocycles. The van der Waals surface area contributed by atoms with Gasteiger partial charge in [0.1, 0.15) is 12.7 Å². The average molecular weight is 140 g/mol. The highest BCUT2D eigenvalue weighted by molar-refractivity contribution is 5.11. The summed E-state index contributed by atoms with van der Waals surface area (Å²) in [5.41, 5.74) is 1.46. The van der Waals surface area contributed by atoms with Gasteiger partial charge in [-0.1, -0.05) is 12.5 Å². The number of rotatable bonds is 0. The molecule has 0 spiro atoms. The maximum atomic E-state index is 5.11. The van der Waals surface area contributed by atoms with E-state index in [-0.39, 0.29) is 0 Å². The minimum Gasteiger partial charge on any atom is -0.232 e. The summed E-state index contributed by atoms with van der Waals surface area (Å²) in [5.74, 6) is 0. The zero-order valence-electron chi connectivity index (χ0n) is 6.01. The van der Waals surface area contributed by atoms with E-state index >= 15 is 0 Å². The van der Waals surface area contributed by atoms with Crippen LogP contribution in [-0.2, 0) is 9.78 Å². The monoisotopic (exact) mass is 140 g/mol. The summed E-state index contributed by atoms with van der Waals surface area (Å²) in [7, 11) is 0. The Balaban J connectivity index is 2.08. The van der Waals surface area contributed by atoms with E-state index < -0.39 is 0 Å². The molecule has 1 unspecified atom stereocenters. The Morgan fingerprint density at radius 2 is 2.40 bits per heavy atom. The zero-order chi connectivity index (χ0) is 6.81. The van der Waals surface area contributed by atoms with Gasteiger partial charge in [-0.2, -0.15) is 0 Å². The van der Waals surface area contributed by atoms with Gasteiger partial charge in [0.05, 0.1) is 0 Å². The number of hydrogen-bond acceptors (Lipinski definition) is 2. The minimum absolute atomic E-state index is 0.294. The van der Waals surface area contributed by atoms with Gasteiger partial charge < -0.3 is 0 Å². The van der Waals surface area contributed by atoms with E-state index in [1.807, 2.05) is 0 Å². The van der Waals surface area contributed by atoms with Crippen molar-refractivity contribution in [3.05, 3.63) is 11.6 Å². The first-order chi connectivity index (χ1) is 4.97. The van der Waals surface area contributed by atoms with Gasteiger partial charge in [0, 0.05) is 0 Å². The third-order valence-electron chi connectivity index (χ3n) is 2.19. The molecule has 0 aromatic rings. The van der Waals surface area contributed by atoms with Gasteiger partial charge in [0.2, 0.25) is 0 Å². The van der Waals surface area contributed by atoms with Crippen LogP contribution in [0.3, 0.4) is 0 Å². The zero-order valence-corrected chi connectivity index (χ0v) is 6.01. The van der Waals surface area contributed by atoms with Crippen molar-refractivity contribution >= 4 is 0 Å². The van der Waals surface area contributed by atoms with E-state index in [1.165, 1.54) is 24.8 Å². The van der Waals surface area contributed by atoms with Gasteiger partial charge in [-0.15, -0.1) is 0 Å². The molecule has 0 aromatic heterocycles. The molecule has 2 nitrogen and oxygen atoms in total. The first-order valence-corrected chi connectivity index (χ1v) is 3.94. The molecule has 0 radical (unpaired) electrons. The lowest BCUT2D eigenvalue weighted by atomic mass is 9.92. The lowest BCUT2D eigenvalue weighted by Crippen LogP contribution is -2.24. The number of fused-ring (bicyclic) bond motifs is 1. The normalized spacial score (nSPS) is 32.8. The predicted molar refractivity (Wildman–Crippen MR) is 37.4 cm³/mol. The molecule has 0 N–H and O–H groups in total. The first-order valence-electron chi connectivity index (χ1n) is 3.94. The predicted octanol–water partition coefficient (Wildman–Crippen LogP) is 1.82. The van der Waals surface area contributed by atoms with Crippen LogP contribution in [0.2, 0.25) is 0 Å². The maximum absolute atomic E-state index is 5.11. The van der Waals surface area contributed by atoms with Crippen LogP contribution in [0.1, 0.15) is 25.7 Å². The molecule has 1 heterocycles. The van der Waals surface area contributed by atoms with Gasteiger partial charge in [-0.3, -0.25) is 0 Å². The summed E-state index contributed by atoms with van der Waals surface area (Å²) >= 11 is 0. The second-order valence-electron chi connectivity index (χ2n) is 2.89. The molecular weight excluding hydrogens is 128 g/mol. The summed E-state index contributed by atoms with van der Waals surface area (Å²) in [5, 5.41) is 0. The van der Waals surface area contributed by atoms with Crippen LogP contribution in [0.5, 0.6) is 0 Å². The van der Waals surface area contributed by atoms with E-state index in [4.69, 9.17) is 9.78 Å². The van der Waals surface area contributed by atoms with Crippen molar-refractivity contribution in [2.24, 2.45) is 0 Å². The summed E-state index contributed by atoms with van der Waals surface area (Å²) in [6.45, 7) is 0.645. The topological polar surface area (TPSA) is 18.5 Å². The quantitative estimate of drug-likeness (QED) is 0.377. The molecule has 56 valence electrons. The van der Waals surface area contributed by atoms with Crippen LogP contribution in [0, 0.1) is 0 Å². The van der Waals surface area contributed by atoms with Crippen LogP contribution in [-0.4, -0.2) is 12.7 Å². The lowest BCUT2D eigenvalue weighted by Gasteiger charge is -2.27. The Morgan fingerprint density at radius 1 is 1.40 bits per heavy atom. The summed E-state index contributed by atoms with van der Waals surface area (Å²) in [4.78, 5) is 9.98. The Morgan fingerprint density at radius 3 is 3.30 bits per heavy atom. The summed E-state index contributed by atoms with van der Waals surface area (Å²) in [6, 6.07) is 0. The highest BCUT2D eigenvalue weighted by Gasteiger charge is 2.22. The lowest BCUT2D eigenvalue weighted by molar-refractivity contribution is -0.319. The van der Waals surface area contributed by atoms with Gasteiger partial charge in [0.15, 0.2) is 0 Å². The SMILES string of the molecule is C1=C2CCCCC2OOC1. The first kappa shape index (κ1) is 6.38. The van der Waals surface area contributed by atoms with E-state index in [9.17, 15) is 0 Å². The van der Waals surface area contributed by atoms with Gasteiger partial charge in [-0.05, 0) is 24.8 Å². The highest BCUT2D eigenvalue weighted by atomic mass is 17.2. The minimum atomic E-state index is 0.294.